The normalized spacial score (nSPS) is 21.2. The third kappa shape index (κ3) is 5.44. The fourth-order valence-corrected chi connectivity index (χ4v) is 6.55. The maximum absolute atomic E-state index is 13.6. The highest BCUT2D eigenvalue weighted by atomic mass is 79.9. The molecule has 0 amide bonds. The van der Waals surface area contributed by atoms with E-state index in [9.17, 15) is 9.59 Å². The third-order valence-corrected chi connectivity index (χ3v) is 8.14. The molecule has 0 saturated heterocycles. The molecular weight excluding hydrogens is 518 g/mol. The fourth-order valence-electron chi connectivity index (χ4n) is 5.97. The van der Waals surface area contributed by atoms with E-state index in [1.165, 1.54) is 12.8 Å². The topological polar surface area (TPSA) is 64.6 Å². The summed E-state index contributed by atoms with van der Waals surface area (Å²) in [5.74, 6) is 1.13. The van der Waals surface area contributed by atoms with Crippen molar-refractivity contribution in [1.82, 2.24) is 5.32 Å². The molecule has 0 spiro atoms. The monoisotopic (exact) mass is 557 g/mol. The van der Waals surface area contributed by atoms with Gasteiger partial charge in [-0.25, -0.2) is 0 Å². The third-order valence-electron chi connectivity index (χ3n) is 7.55. The van der Waals surface area contributed by atoms with Crippen LogP contribution in [-0.4, -0.2) is 25.3 Å². The van der Waals surface area contributed by atoms with Gasteiger partial charge in [0.25, 0.3) is 0 Å². The fraction of sp³-hybridized carbons (Fsp3) is 0.600. The maximum Gasteiger partial charge on any atom is 0.175 e. The standard InChI is InChI=1S/C30H40BrNO4/c1-7-8-9-10-11-36-28-19(31)12-18(13-24(28)35-6)25-26-20(14-29(2,3)16-22(26)33)32-21-15-30(4,5)17-23(34)27(21)25/h12-13,25,32H,7-11,14-17H2,1-6H3. The van der Waals surface area contributed by atoms with Gasteiger partial charge in [0, 0.05) is 41.3 Å². The van der Waals surface area contributed by atoms with E-state index in [2.05, 4.69) is 55.9 Å². The van der Waals surface area contributed by atoms with Crippen molar-refractivity contribution in [3.63, 3.8) is 0 Å². The van der Waals surface area contributed by atoms with E-state index < -0.39 is 5.92 Å². The van der Waals surface area contributed by atoms with Crippen molar-refractivity contribution in [1.29, 1.82) is 0 Å². The minimum atomic E-state index is -0.396. The Morgan fingerprint density at radius 1 is 0.917 bits per heavy atom. The first-order valence-corrected chi connectivity index (χ1v) is 14.1. The zero-order chi connectivity index (χ0) is 26.3. The van der Waals surface area contributed by atoms with Crippen LogP contribution < -0.4 is 14.8 Å². The van der Waals surface area contributed by atoms with Crippen LogP contribution >= 0.6 is 15.9 Å². The molecule has 0 aromatic heterocycles. The summed E-state index contributed by atoms with van der Waals surface area (Å²) in [4.78, 5) is 27.1. The number of allylic oxidation sites excluding steroid dienone is 4. The summed E-state index contributed by atoms with van der Waals surface area (Å²) in [6.45, 7) is 11.4. The zero-order valence-corrected chi connectivity index (χ0v) is 24.2. The van der Waals surface area contributed by atoms with E-state index in [1.54, 1.807) is 7.11 Å². The smallest absolute Gasteiger partial charge is 0.175 e. The van der Waals surface area contributed by atoms with E-state index in [1.807, 2.05) is 12.1 Å². The number of Topliss-reactive ketones (excluding diaryl/α,β-unsaturated/α-hetero) is 2. The average Bonchev–Trinajstić information content (AvgIpc) is 2.76. The van der Waals surface area contributed by atoms with E-state index in [4.69, 9.17) is 9.47 Å². The summed E-state index contributed by atoms with van der Waals surface area (Å²) in [5, 5.41) is 3.58. The van der Waals surface area contributed by atoms with Gasteiger partial charge >= 0.3 is 0 Å². The molecule has 1 heterocycles. The molecule has 6 heteroatoms. The number of unbranched alkanes of at least 4 members (excludes halogenated alkanes) is 3. The molecule has 36 heavy (non-hydrogen) atoms. The van der Waals surface area contributed by atoms with Gasteiger partial charge in [-0.2, -0.15) is 0 Å². The number of halogens is 1. The molecule has 0 fully saturated rings. The molecule has 0 radical (unpaired) electrons. The molecule has 196 valence electrons. The van der Waals surface area contributed by atoms with Crippen LogP contribution in [0.25, 0.3) is 0 Å². The van der Waals surface area contributed by atoms with Gasteiger partial charge in [-0.05, 0) is 63.7 Å². The van der Waals surface area contributed by atoms with Crippen molar-refractivity contribution in [2.75, 3.05) is 13.7 Å². The number of dihydropyridines is 1. The second-order valence-electron chi connectivity index (χ2n) is 12.2. The first-order chi connectivity index (χ1) is 17.0. The Morgan fingerprint density at radius 2 is 1.50 bits per heavy atom. The van der Waals surface area contributed by atoms with Gasteiger partial charge in [0.15, 0.2) is 23.1 Å². The number of nitrogens with one attached hydrogen (secondary N) is 1. The molecule has 1 aromatic carbocycles. The van der Waals surface area contributed by atoms with Gasteiger partial charge in [-0.1, -0.05) is 53.9 Å². The van der Waals surface area contributed by atoms with Crippen LogP contribution in [0.4, 0.5) is 0 Å². The SMILES string of the molecule is CCCCCCOc1c(Br)cc(C2C3=C(CC(C)(C)CC3=O)NC3=C2C(=O)CC(C)(C)C3)cc1OC. The van der Waals surface area contributed by atoms with Gasteiger partial charge < -0.3 is 14.8 Å². The van der Waals surface area contributed by atoms with Crippen LogP contribution in [0.1, 0.15) is 97.5 Å². The Kier molecular flexibility index (Phi) is 7.76. The van der Waals surface area contributed by atoms with Crippen LogP contribution in [0.3, 0.4) is 0 Å². The quantitative estimate of drug-likeness (QED) is 0.337. The molecule has 4 rings (SSSR count). The summed E-state index contributed by atoms with van der Waals surface area (Å²) >= 11 is 3.71. The molecule has 0 unspecified atom stereocenters. The van der Waals surface area contributed by atoms with Crippen LogP contribution in [0.5, 0.6) is 11.5 Å². The van der Waals surface area contributed by atoms with Crippen molar-refractivity contribution in [3.05, 3.63) is 44.7 Å². The molecule has 1 N–H and O–H groups in total. The van der Waals surface area contributed by atoms with Crippen molar-refractivity contribution in [2.24, 2.45) is 10.8 Å². The Morgan fingerprint density at radius 3 is 2.03 bits per heavy atom. The molecule has 2 aliphatic carbocycles. The molecule has 3 aliphatic rings. The van der Waals surface area contributed by atoms with Gasteiger partial charge in [0.2, 0.25) is 0 Å². The Hall–Kier alpha value is -2.08. The number of rotatable bonds is 8. The average molecular weight is 559 g/mol. The van der Waals surface area contributed by atoms with Gasteiger partial charge in [-0.15, -0.1) is 0 Å². The van der Waals surface area contributed by atoms with Crippen molar-refractivity contribution in [2.45, 2.75) is 91.9 Å². The lowest BCUT2D eigenvalue weighted by Crippen LogP contribution is -2.42. The van der Waals surface area contributed by atoms with E-state index >= 15 is 0 Å². The number of methoxy groups -OCH3 is 1. The van der Waals surface area contributed by atoms with Crippen LogP contribution in [0.2, 0.25) is 0 Å². The first-order valence-electron chi connectivity index (χ1n) is 13.3. The molecule has 1 aliphatic heterocycles. The van der Waals surface area contributed by atoms with Gasteiger partial charge in [0.05, 0.1) is 18.2 Å². The summed E-state index contributed by atoms with van der Waals surface area (Å²) in [7, 11) is 1.63. The number of hydrogen-bond donors (Lipinski definition) is 1. The molecule has 0 bridgehead atoms. The second-order valence-corrected chi connectivity index (χ2v) is 13.0. The zero-order valence-electron chi connectivity index (χ0n) is 22.6. The maximum atomic E-state index is 13.6. The van der Waals surface area contributed by atoms with E-state index in [0.717, 1.165) is 58.3 Å². The van der Waals surface area contributed by atoms with Gasteiger partial charge in [0.1, 0.15) is 0 Å². The minimum Gasteiger partial charge on any atom is -0.493 e. The molecular formula is C30H40BrNO4. The Labute approximate surface area is 224 Å². The number of benzene rings is 1. The highest BCUT2D eigenvalue weighted by Gasteiger charge is 2.46. The summed E-state index contributed by atoms with van der Waals surface area (Å²) in [6.07, 6.45) is 7.02. The van der Waals surface area contributed by atoms with E-state index in [-0.39, 0.29) is 22.4 Å². The van der Waals surface area contributed by atoms with Crippen molar-refractivity contribution in [3.8, 4) is 11.5 Å². The molecule has 0 atom stereocenters. The lowest BCUT2D eigenvalue weighted by molar-refractivity contribution is -0.119. The second kappa shape index (κ2) is 10.4. The van der Waals surface area contributed by atoms with E-state index in [0.29, 0.717) is 30.9 Å². The summed E-state index contributed by atoms with van der Waals surface area (Å²) in [6, 6.07) is 3.96. The number of carbonyl (C=O) groups excluding carboxylic acids is 2. The molecule has 1 aromatic rings. The number of ketones is 2. The number of carbonyl (C=O) groups is 2. The predicted octanol–water partition coefficient (Wildman–Crippen LogP) is 7.39. The van der Waals surface area contributed by atoms with Crippen LogP contribution in [0, 0.1) is 10.8 Å². The predicted molar refractivity (Wildman–Crippen MR) is 146 cm³/mol. The highest BCUT2D eigenvalue weighted by molar-refractivity contribution is 9.10. The summed E-state index contributed by atoms with van der Waals surface area (Å²) in [5.41, 5.74) is 4.07. The molecule has 0 saturated carbocycles. The highest BCUT2D eigenvalue weighted by Crippen LogP contribution is 2.52. The van der Waals surface area contributed by atoms with Crippen LogP contribution in [-0.2, 0) is 9.59 Å². The Bertz CT molecular complexity index is 1080. The lowest BCUT2D eigenvalue weighted by atomic mass is 9.64. The molecule has 5 nitrogen and oxygen atoms in total. The largest absolute Gasteiger partial charge is 0.493 e. The minimum absolute atomic E-state index is 0.118. The van der Waals surface area contributed by atoms with Crippen LogP contribution in [0.15, 0.2) is 39.1 Å². The van der Waals surface area contributed by atoms with Crippen molar-refractivity contribution < 1.29 is 19.1 Å². The number of hydrogen-bond acceptors (Lipinski definition) is 5. The number of ether oxygens (including phenoxy) is 2. The Balaban J connectivity index is 1.78. The summed E-state index contributed by atoms with van der Waals surface area (Å²) < 4.78 is 12.7. The lowest BCUT2D eigenvalue weighted by Gasteiger charge is -2.44. The first kappa shape index (κ1) is 27.0. The van der Waals surface area contributed by atoms with Gasteiger partial charge in [-0.3, -0.25) is 9.59 Å². The van der Waals surface area contributed by atoms with Crippen molar-refractivity contribution >= 4 is 27.5 Å².